The molecule has 0 unspecified atom stereocenters. The van der Waals surface area contributed by atoms with Crippen LogP contribution in [0, 0.1) is 0 Å². The second-order valence-electron chi connectivity index (χ2n) is 3.00. The van der Waals surface area contributed by atoms with Crippen LogP contribution in [0.4, 0.5) is 21.3 Å². The second kappa shape index (κ2) is 7.22. The molecule has 0 spiro atoms. The van der Waals surface area contributed by atoms with Gasteiger partial charge in [-0.25, -0.2) is 4.98 Å². The predicted octanol–water partition coefficient (Wildman–Crippen LogP) is 0.475. The van der Waals surface area contributed by atoms with Crippen LogP contribution in [0.15, 0.2) is 35.8 Å². The number of carbonyl (C=O) groups is 1. The normalized spacial score (nSPS) is 9.18. The Morgan fingerprint density at radius 3 is 2.76 bits per heavy atom. The number of nitrogens with zero attached hydrogens (tertiary/aromatic N) is 1. The van der Waals surface area contributed by atoms with Gasteiger partial charge in [0.1, 0.15) is 0 Å². The van der Waals surface area contributed by atoms with Crippen LogP contribution < -0.4 is 68.8 Å². The molecule has 1 aromatic carbocycles. The number of rotatable bonds is 3. The Morgan fingerprint density at radius 2 is 2.12 bits per heavy atom. The van der Waals surface area contributed by atoms with Crippen LogP contribution in [-0.4, -0.2) is 11.0 Å². The van der Waals surface area contributed by atoms with Crippen LogP contribution in [0.1, 0.15) is 0 Å². The summed E-state index contributed by atoms with van der Waals surface area (Å²) >= 11 is 1.49. The predicted molar refractivity (Wildman–Crippen MR) is 65.2 cm³/mol. The topological polar surface area (TPSA) is 77.8 Å². The van der Waals surface area contributed by atoms with Crippen LogP contribution in [0.2, 0.25) is 0 Å². The first kappa shape index (κ1) is 14.8. The zero-order chi connectivity index (χ0) is 11.4. The first-order chi connectivity index (χ1) is 7.74. The number of hydrogen-bond acceptors (Lipinski definition) is 4. The third-order valence-corrected chi connectivity index (χ3v) is 2.49. The molecular formula is C10H9N4ORbS. The molecule has 0 saturated heterocycles. The Labute approximate surface area is 152 Å². The number of urea groups is 1. The molecule has 2 rings (SSSR count). The van der Waals surface area contributed by atoms with Crippen molar-refractivity contribution in [2.45, 2.75) is 0 Å². The van der Waals surface area contributed by atoms with E-state index >= 15 is 0 Å². The van der Waals surface area contributed by atoms with Gasteiger partial charge in [-0.15, -0.1) is 11.3 Å². The molecule has 0 atom stereocenters. The monoisotopic (exact) mass is 318 g/mol. The van der Waals surface area contributed by atoms with Crippen LogP contribution in [0.3, 0.4) is 0 Å². The van der Waals surface area contributed by atoms with Crippen molar-refractivity contribution in [2.75, 3.05) is 10.6 Å². The summed E-state index contributed by atoms with van der Waals surface area (Å²) in [6, 6.07) is 6.29. The third kappa shape index (κ3) is 4.85. The number of anilines is 3. The number of amides is 2. The Balaban J connectivity index is 0.00000144. The van der Waals surface area contributed by atoms with E-state index in [-0.39, 0.29) is 58.2 Å². The van der Waals surface area contributed by atoms with Crippen molar-refractivity contribution < 1.29 is 63.0 Å². The number of benzene rings is 1. The Bertz CT molecular complexity index is 489. The fraction of sp³-hybridized carbons (Fsp3) is 0. The molecule has 5 nitrogen and oxygen atoms in total. The second-order valence-corrected chi connectivity index (χ2v) is 3.89. The fourth-order valence-corrected chi connectivity index (χ4v) is 1.76. The van der Waals surface area contributed by atoms with Gasteiger partial charge in [0, 0.05) is 17.3 Å². The number of nitrogens with one attached hydrogen (secondary N) is 3. The summed E-state index contributed by atoms with van der Waals surface area (Å²) in [5.74, 6) is 0. The molecule has 2 amide bonds. The van der Waals surface area contributed by atoms with Crippen molar-refractivity contribution in [2.24, 2.45) is 0 Å². The molecule has 0 saturated carbocycles. The van der Waals surface area contributed by atoms with E-state index in [9.17, 15) is 4.79 Å². The zero-order valence-corrected chi connectivity index (χ0v) is 15.0. The summed E-state index contributed by atoms with van der Waals surface area (Å²) < 4.78 is 0. The van der Waals surface area contributed by atoms with Gasteiger partial charge in [0.2, 0.25) is 0 Å². The van der Waals surface area contributed by atoms with Gasteiger partial charge in [0.15, 0.2) is 11.2 Å². The molecule has 3 N–H and O–H groups in total. The van der Waals surface area contributed by atoms with E-state index in [1.165, 1.54) is 11.3 Å². The quantitative estimate of drug-likeness (QED) is 0.864. The van der Waals surface area contributed by atoms with Crippen molar-refractivity contribution in [1.29, 1.82) is 0 Å². The maximum absolute atomic E-state index is 10.6. The Morgan fingerprint density at radius 1 is 1.35 bits per heavy atom. The van der Waals surface area contributed by atoms with E-state index in [4.69, 9.17) is 5.73 Å². The summed E-state index contributed by atoms with van der Waals surface area (Å²) in [6.45, 7) is 0. The number of aromatic nitrogens is 1. The van der Waals surface area contributed by atoms with E-state index in [2.05, 4.69) is 15.6 Å². The first-order valence-electron chi connectivity index (χ1n) is 4.53. The summed E-state index contributed by atoms with van der Waals surface area (Å²) in [5, 5.41) is 8.15. The molecule has 0 aliphatic rings. The third-order valence-electron chi connectivity index (χ3n) is 1.80. The maximum Gasteiger partial charge on any atom is 1.00 e. The van der Waals surface area contributed by atoms with Crippen LogP contribution >= 0.6 is 11.3 Å². The maximum atomic E-state index is 10.6. The van der Waals surface area contributed by atoms with Gasteiger partial charge in [-0.3, -0.25) is 4.79 Å². The van der Waals surface area contributed by atoms with E-state index in [0.717, 1.165) is 10.8 Å². The molecule has 0 aliphatic heterocycles. The molecule has 0 bridgehead atoms. The van der Waals surface area contributed by atoms with E-state index in [0.29, 0.717) is 5.69 Å². The van der Waals surface area contributed by atoms with Gasteiger partial charge in [0.25, 0.3) is 0 Å². The number of carbonyl (C=O) groups excluding carboxylic acids is 1. The molecule has 7 heteroatoms. The average Bonchev–Trinajstić information content (AvgIpc) is 2.70. The smallest absolute Gasteiger partial charge is 0.447 e. The van der Waals surface area contributed by atoms with Gasteiger partial charge >= 0.3 is 58.2 Å². The van der Waals surface area contributed by atoms with E-state index in [1.54, 1.807) is 24.4 Å². The van der Waals surface area contributed by atoms with Crippen LogP contribution in [-0.2, 0) is 0 Å². The molecule has 0 fully saturated rings. The standard InChI is InChI=1S/C10H10N4OS.Rb/c11-9(15)13-7-2-1-3-8(6-7)14-10-12-4-5-16-10;/h1-6H,(H4,11,12,13,14,15);/q;+1/p-1. The van der Waals surface area contributed by atoms with Crippen molar-refractivity contribution in [3.63, 3.8) is 0 Å². The molecule has 82 valence electrons. The van der Waals surface area contributed by atoms with Crippen LogP contribution in [0.25, 0.3) is 5.73 Å². The molecule has 1 aromatic heterocycles. The average molecular weight is 319 g/mol. The zero-order valence-electron chi connectivity index (χ0n) is 9.23. The molecule has 1 heterocycles. The first-order valence-corrected chi connectivity index (χ1v) is 5.41. The van der Waals surface area contributed by atoms with Gasteiger partial charge in [-0.05, 0) is 17.8 Å². The number of thiazole rings is 1. The summed E-state index contributed by atoms with van der Waals surface area (Å²) in [6.07, 6.45) is 1.71. The SMILES string of the molecule is [NH-]C(=O)Nc1cccc(Nc2nccs2)c1.[Rb+]. The fourth-order valence-electron chi connectivity index (χ4n) is 1.21. The Hall–Kier alpha value is -0.275. The minimum absolute atomic E-state index is 0. The largest absolute Gasteiger partial charge is 1.00 e. The van der Waals surface area contributed by atoms with Gasteiger partial charge in [0.05, 0.1) is 0 Å². The summed E-state index contributed by atoms with van der Waals surface area (Å²) in [4.78, 5) is 14.7. The van der Waals surface area contributed by atoms with E-state index in [1.807, 2.05) is 11.4 Å². The van der Waals surface area contributed by atoms with Gasteiger partial charge < -0.3 is 16.4 Å². The minimum Gasteiger partial charge on any atom is -0.447 e. The van der Waals surface area contributed by atoms with Crippen molar-refractivity contribution in [3.8, 4) is 0 Å². The van der Waals surface area contributed by atoms with E-state index < -0.39 is 6.03 Å². The van der Waals surface area contributed by atoms with Crippen molar-refractivity contribution in [3.05, 3.63) is 41.6 Å². The molecular weight excluding hydrogens is 310 g/mol. The van der Waals surface area contributed by atoms with Crippen molar-refractivity contribution in [1.82, 2.24) is 4.98 Å². The molecule has 17 heavy (non-hydrogen) atoms. The number of hydrogen-bond donors (Lipinski definition) is 2. The summed E-state index contributed by atoms with van der Waals surface area (Å²) in [5.41, 5.74) is 8.21. The summed E-state index contributed by atoms with van der Waals surface area (Å²) in [7, 11) is 0. The molecule has 2 aromatic rings. The minimum atomic E-state index is -0.827. The Kier molecular flexibility index (Phi) is 6.28. The van der Waals surface area contributed by atoms with Crippen molar-refractivity contribution >= 4 is 33.9 Å². The van der Waals surface area contributed by atoms with Crippen LogP contribution in [0.5, 0.6) is 0 Å². The molecule has 0 aliphatic carbocycles. The van der Waals surface area contributed by atoms with Gasteiger partial charge in [-0.2, -0.15) is 0 Å². The molecule has 0 radical (unpaired) electrons. The van der Waals surface area contributed by atoms with Gasteiger partial charge in [-0.1, -0.05) is 12.1 Å².